The molecule has 1 N–H and O–H groups in total. The molecule has 1 heterocycles. The van der Waals surface area contributed by atoms with Gasteiger partial charge in [0.2, 0.25) is 0 Å². The molecule has 1 aromatic heterocycles. The Kier molecular flexibility index (Phi) is 5.70. The summed E-state index contributed by atoms with van der Waals surface area (Å²) in [4.78, 5) is 0. The van der Waals surface area contributed by atoms with Crippen molar-refractivity contribution in [3.05, 3.63) is 46.6 Å². The van der Waals surface area contributed by atoms with E-state index in [0.717, 1.165) is 16.8 Å². The van der Waals surface area contributed by atoms with Gasteiger partial charge in [-0.1, -0.05) is 19.1 Å². The number of nitriles is 2. The topological polar surface area (TPSA) is 94.6 Å². The third-order valence-corrected chi connectivity index (χ3v) is 3.72. The Morgan fingerprint density at radius 3 is 2.71 bits per heavy atom. The predicted octanol–water partition coefficient (Wildman–Crippen LogP) is 3.26. The largest absolute Gasteiger partial charge is 0.476 e. The van der Waals surface area contributed by atoms with E-state index in [1.807, 2.05) is 45.0 Å². The molecule has 24 heavy (non-hydrogen) atoms. The maximum absolute atomic E-state index is 9.31. The average molecular weight is 321 g/mol. The van der Waals surface area contributed by atoms with Crippen molar-refractivity contribution in [1.29, 1.82) is 10.5 Å². The van der Waals surface area contributed by atoms with Crippen LogP contribution in [0.3, 0.4) is 0 Å². The van der Waals surface area contributed by atoms with Crippen LogP contribution in [0.15, 0.2) is 24.3 Å². The van der Waals surface area contributed by atoms with E-state index in [-0.39, 0.29) is 0 Å². The van der Waals surface area contributed by atoms with Gasteiger partial charge in [-0.05, 0) is 43.5 Å². The second-order valence-electron chi connectivity index (χ2n) is 5.39. The lowest BCUT2D eigenvalue weighted by molar-refractivity contribution is 0.251. The normalized spacial score (nSPS) is 11.2. The van der Waals surface area contributed by atoms with Gasteiger partial charge in [0.1, 0.15) is 23.5 Å². The second-order valence-corrected chi connectivity index (χ2v) is 5.39. The number of hydrogen-bond donors (Lipinski definition) is 1. The van der Waals surface area contributed by atoms with Gasteiger partial charge >= 0.3 is 0 Å². The molecule has 0 saturated carbocycles. The molecule has 1 aromatic carbocycles. The molecule has 0 amide bonds. The van der Waals surface area contributed by atoms with Crippen LogP contribution in [0.1, 0.15) is 35.7 Å². The molecule has 0 aliphatic carbocycles. The highest BCUT2D eigenvalue weighted by Gasteiger charge is 2.11. The summed E-state index contributed by atoms with van der Waals surface area (Å²) in [6.45, 7) is 6.07. The zero-order valence-corrected chi connectivity index (χ0v) is 14.0. The Hall–Kier alpha value is -3.12. The van der Waals surface area contributed by atoms with E-state index in [4.69, 9.17) is 10.00 Å². The highest BCUT2D eigenvalue weighted by atomic mass is 16.5. The second kappa shape index (κ2) is 7.94. The van der Waals surface area contributed by atoms with E-state index < -0.39 is 6.10 Å². The zero-order chi connectivity index (χ0) is 17.5. The molecule has 0 saturated heterocycles. The lowest BCUT2D eigenvalue weighted by Crippen LogP contribution is -2.12. The molecule has 6 nitrogen and oxygen atoms in total. The molecule has 122 valence electrons. The van der Waals surface area contributed by atoms with Crippen molar-refractivity contribution in [1.82, 2.24) is 10.2 Å². The van der Waals surface area contributed by atoms with Crippen LogP contribution in [0, 0.1) is 36.5 Å². The first-order valence-electron chi connectivity index (χ1n) is 7.72. The van der Waals surface area contributed by atoms with Crippen LogP contribution in [-0.2, 0) is 6.54 Å². The molecule has 0 aliphatic rings. The van der Waals surface area contributed by atoms with Crippen molar-refractivity contribution in [3.8, 4) is 17.9 Å². The van der Waals surface area contributed by atoms with Gasteiger partial charge in [0.25, 0.3) is 0 Å². The fourth-order valence-electron chi connectivity index (χ4n) is 2.15. The van der Waals surface area contributed by atoms with Crippen LogP contribution in [0.25, 0.3) is 0 Å². The van der Waals surface area contributed by atoms with E-state index in [1.165, 1.54) is 0 Å². The van der Waals surface area contributed by atoms with Crippen molar-refractivity contribution < 1.29 is 4.74 Å². The molecular formula is C18H19N5O. The molecule has 2 rings (SSSR count). The first-order valence-corrected chi connectivity index (χ1v) is 7.72. The number of hydrogen-bond acceptors (Lipinski definition) is 6. The molecule has 1 atom stereocenters. The Morgan fingerprint density at radius 2 is 2.04 bits per heavy atom. The first-order chi connectivity index (χ1) is 11.6. The highest BCUT2D eigenvalue weighted by molar-refractivity contribution is 5.56. The number of nitrogens with zero attached hydrogens (tertiary/aromatic N) is 4. The van der Waals surface area contributed by atoms with Gasteiger partial charge in [0.15, 0.2) is 11.9 Å². The van der Waals surface area contributed by atoms with Crippen LogP contribution in [0.5, 0.6) is 5.75 Å². The van der Waals surface area contributed by atoms with Gasteiger partial charge in [-0.25, -0.2) is 0 Å². The summed E-state index contributed by atoms with van der Waals surface area (Å²) in [7, 11) is 0. The van der Waals surface area contributed by atoms with Gasteiger partial charge < -0.3 is 10.1 Å². The number of aromatic nitrogens is 2. The quantitative estimate of drug-likeness (QED) is 0.877. The van der Waals surface area contributed by atoms with Crippen LogP contribution in [0.2, 0.25) is 0 Å². The third-order valence-electron chi connectivity index (χ3n) is 3.72. The Balaban J connectivity index is 2.12. The molecule has 2 aromatic rings. The first kappa shape index (κ1) is 17.2. The summed E-state index contributed by atoms with van der Waals surface area (Å²) in [5, 5.41) is 29.6. The molecule has 1 unspecified atom stereocenters. The van der Waals surface area contributed by atoms with Crippen molar-refractivity contribution in [2.24, 2.45) is 0 Å². The summed E-state index contributed by atoms with van der Waals surface area (Å²) < 4.78 is 5.62. The van der Waals surface area contributed by atoms with Gasteiger partial charge in [-0.2, -0.15) is 15.6 Å². The molecule has 0 fully saturated rings. The number of aryl methyl sites for hydroxylation is 1. The Morgan fingerprint density at radius 1 is 1.25 bits per heavy atom. The molecule has 0 radical (unpaired) electrons. The number of anilines is 1. The molecule has 0 aliphatic heterocycles. The molecule has 0 spiro atoms. The van der Waals surface area contributed by atoms with Gasteiger partial charge in [0, 0.05) is 6.54 Å². The number of ether oxygens (including phenoxy) is 1. The van der Waals surface area contributed by atoms with Crippen molar-refractivity contribution in [2.75, 3.05) is 5.32 Å². The SMILES string of the molecule is CCC(C#N)Oc1cccc(CNc2nnc(C)c(C)c2C#N)c1. The van der Waals surface area contributed by atoms with Crippen LogP contribution in [0.4, 0.5) is 5.82 Å². The maximum atomic E-state index is 9.31. The summed E-state index contributed by atoms with van der Waals surface area (Å²) >= 11 is 0. The monoisotopic (exact) mass is 321 g/mol. The third kappa shape index (κ3) is 3.99. The average Bonchev–Trinajstić information content (AvgIpc) is 2.61. The standard InChI is InChI=1S/C18H19N5O/c1-4-15(9-19)24-16-7-5-6-14(8-16)11-21-18-17(10-20)12(2)13(3)22-23-18/h5-8,15H,4,11H2,1-3H3,(H,21,23). The van der Waals surface area contributed by atoms with E-state index in [2.05, 4.69) is 27.7 Å². The lowest BCUT2D eigenvalue weighted by atomic mass is 10.1. The van der Waals surface area contributed by atoms with E-state index >= 15 is 0 Å². The minimum Gasteiger partial charge on any atom is -0.476 e. The molecule has 6 heteroatoms. The summed E-state index contributed by atoms with van der Waals surface area (Å²) in [5.41, 5.74) is 3.04. The fraction of sp³-hybridized carbons (Fsp3) is 0.333. The maximum Gasteiger partial charge on any atom is 0.184 e. The minimum absolute atomic E-state index is 0.455. The van der Waals surface area contributed by atoms with Crippen molar-refractivity contribution in [2.45, 2.75) is 39.8 Å². The van der Waals surface area contributed by atoms with Crippen LogP contribution < -0.4 is 10.1 Å². The van der Waals surface area contributed by atoms with Gasteiger partial charge in [-0.3, -0.25) is 0 Å². The summed E-state index contributed by atoms with van der Waals surface area (Å²) in [5.74, 6) is 1.12. The summed E-state index contributed by atoms with van der Waals surface area (Å²) in [6, 6.07) is 11.8. The lowest BCUT2D eigenvalue weighted by Gasteiger charge is -2.12. The van der Waals surface area contributed by atoms with Crippen molar-refractivity contribution in [3.63, 3.8) is 0 Å². The predicted molar refractivity (Wildman–Crippen MR) is 90.3 cm³/mol. The smallest absolute Gasteiger partial charge is 0.184 e. The molecule has 0 bridgehead atoms. The highest BCUT2D eigenvalue weighted by Crippen LogP contribution is 2.20. The Bertz CT molecular complexity index is 804. The van der Waals surface area contributed by atoms with Crippen molar-refractivity contribution >= 4 is 5.82 Å². The van der Waals surface area contributed by atoms with E-state index in [1.54, 1.807) is 0 Å². The number of benzene rings is 1. The fourth-order valence-corrected chi connectivity index (χ4v) is 2.15. The number of nitrogens with one attached hydrogen (secondary N) is 1. The summed E-state index contributed by atoms with van der Waals surface area (Å²) in [6.07, 6.45) is 0.173. The zero-order valence-electron chi connectivity index (χ0n) is 14.0. The van der Waals surface area contributed by atoms with Gasteiger partial charge in [0.05, 0.1) is 5.69 Å². The van der Waals surface area contributed by atoms with E-state index in [0.29, 0.717) is 30.1 Å². The van der Waals surface area contributed by atoms with Crippen LogP contribution >= 0.6 is 0 Å². The Labute approximate surface area is 141 Å². The van der Waals surface area contributed by atoms with E-state index in [9.17, 15) is 5.26 Å². The molecular weight excluding hydrogens is 302 g/mol. The van der Waals surface area contributed by atoms with Gasteiger partial charge in [-0.15, -0.1) is 5.10 Å². The minimum atomic E-state index is -0.455. The number of rotatable bonds is 6. The van der Waals surface area contributed by atoms with Crippen LogP contribution in [-0.4, -0.2) is 16.3 Å².